The third-order valence-electron chi connectivity index (χ3n) is 2.77. The number of benzene rings is 2. The third-order valence-corrected chi connectivity index (χ3v) is 2.77. The smallest absolute Gasteiger partial charge is 0.251 e. The van der Waals surface area contributed by atoms with E-state index in [-0.39, 0.29) is 12.1 Å². The van der Waals surface area contributed by atoms with E-state index in [0.29, 0.717) is 5.56 Å². The number of nitro groups is 1. The molecule has 0 atom stereocenters. The van der Waals surface area contributed by atoms with Gasteiger partial charge in [0.05, 0.1) is 16.9 Å². The minimum absolute atomic E-state index is 0.00160. The van der Waals surface area contributed by atoms with Gasteiger partial charge in [0.15, 0.2) is 0 Å². The number of allylic oxidation sites excluding steroid dienone is 1. The first-order chi connectivity index (χ1) is 9.58. The molecule has 0 aliphatic heterocycles. The van der Waals surface area contributed by atoms with Gasteiger partial charge in [0, 0.05) is 6.08 Å². The Morgan fingerprint density at radius 1 is 1.05 bits per heavy atom. The highest BCUT2D eigenvalue weighted by Gasteiger charge is 2.15. The molecule has 3 nitrogen and oxygen atoms in total. The van der Waals surface area contributed by atoms with Gasteiger partial charge in [-0.3, -0.25) is 10.1 Å². The van der Waals surface area contributed by atoms with E-state index in [4.69, 9.17) is 0 Å². The molecule has 0 heterocycles. The number of rotatable bonds is 4. The molecule has 2 aromatic rings. The molecular formula is C15H11F2NO2. The van der Waals surface area contributed by atoms with Gasteiger partial charge in [-0.15, -0.1) is 0 Å². The first-order valence-corrected chi connectivity index (χ1v) is 5.91. The second kappa shape index (κ2) is 6.06. The van der Waals surface area contributed by atoms with E-state index in [1.807, 2.05) is 0 Å². The summed E-state index contributed by atoms with van der Waals surface area (Å²) in [7, 11) is 0. The lowest BCUT2D eigenvalue weighted by Crippen LogP contribution is -2.03. The van der Waals surface area contributed by atoms with Gasteiger partial charge in [0.1, 0.15) is 11.6 Å². The highest BCUT2D eigenvalue weighted by atomic mass is 19.1. The summed E-state index contributed by atoms with van der Waals surface area (Å²) in [6, 6.07) is 12.1. The van der Waals surface area contributed by atoms with Gasteiger partial charge in [0.2, 0.25) is 0 Å². The zero-order chi connectivity index (χ0) is 14.5. The normalized spacial score (nSPS) is 11.4. The Morgan fingerprint density at radius 3 is 2.20 bits per heavy atom. The van der Waals surface area contributed by atoms with Crippen molar-refractivity contribution in [3.8, 4) is 0 Å². The second-order valence-electron chi connectivity index (χ2n) is 4.19. The molecule has 0 amide bonds. The van der Waals surface area contributed by atoms with E-state index in [2.05, 4.69) is 0 Å². The van der Waals surface area contributed by atoms with Crippen LogP contribution in [0.4, 0.5) is 8.78 Å². The van der Waals surface area contributed by atoms with Crippen molar-refractivity contribution in [3.05, 3.63) is 87.1 Å². The molecule has 0 saturated carbocycles. The third kappa shape index (κ3) is 3.26. The van der Waals surface area contributed by atoms with Crippen LogP contribution in [0.3, 0.4) is 0 Å². The summed E-state index contributed by atoms with van der Waals surface area (Å²) in [6.07, 6.45) is 0.944. The molecule has 0 aliphatic rings. The quantitative estimate of drug-likeness (QED) is 0.628. The van der Waals surface area contributed by atoms with Crippen LogP contribution in [0.15, 0.2) is 54.2 Å². The largest absolute Gasteiger partial charge is 0.259 e. The molecule has 0 fully saturated rings. The molecule has 102 valence electrons. The number of hydrogen-bond acceptors (Lipinski definition) is 2. The van der Waals surface area contributed by atoms with Crippen LogP contribution in [0.5, 0.6) is 0 Å². The lowest BCUT2D eigenvalue weighted by Gasteiger charge is -2.02. The molecule has 0 bridgehead atoms. The summed E-state index contributed by atoms with van der Waals surface area (Å²) in [6.45, 7) is 0. The van der Waals surface area contributed by atoms with Crippen molar-refractivity contribution in [1.82, 2.24) is 0 Å². The van der Waals surface area contributed by atoms with Crippen LogP contribution in [-0.4, -0.2) is 4.92 Å². The average molecular weight is 275 g/mol. The van der Waals surface area contributed by atoms with Crippen LogP contribution in [0, 0.1) is 21.7 Å². The summed E-state index contributed by atoms with van der Waals surface area (Å²) in [5.74, 6) is -1.64. The number of nitrogens with zero attached hydrogens (tertiary/aromatic N) is 1. The van der Waals surface area contributed by atoms with Crippen molar-refractivity contribution in [2.24, 2.45) is 0 Å². The standard InChI is InChI=1S/C15H11F2NO2/c16-14-7-4-8-15(17)13(14)10-12(18(19)20)9-11-5-2-1-3-6-11/h1-8,10H,9H2. The summed E-state index contributed by atoms with van der Waals surface area (Å²) >= 11 is 0. The van der Waals surface area contributed by atoms with Crippen molar-refractivity contribution in [3.63, 3.8) is 0 Å². The Morgan fingerprint density at radius 2 is 1.65 bits per heavy atom. The first-order valence-electron chi connectivity index (χ1n) is 5.91. The maximum absolute atomic E-state index is 13.5. The van der Waals surface area contributed by atoms with E-state index in [9.17, 15) is 18.9 Å². The van der Waals surface area contributed by atoms with Crippen molar-refractivity contribution in [2.45, 2.75) is 6.42 Å². The van der Waals surface area contributed by atoms with Crippen molar-refractivity contribution >= 4 is 6.08 Å². The fourth-order valence-electron chi connectivity index (χ4n) is 1.79. The highest BCUT2D eigenvalue weighted by Crippen LogP contribution is 2.18. The summed E-state index contributed by atoms with van der Waals surface area (Å²) < 4.78 is 27.0. The maximum atomic E-state index is 13.5. The van der Waals surface area contributed by atoms with Crippen molar-refractivity contribution < 1.29 is 13.7 Å². The van der Waals surface area contributed by atoms with Crippen LogP contribution in [0.2, 0.25) is 0 Å². The minimum Gasteiger partial charge on any atom is -0.259 e. The number of halogens is 2. The van der Waals surface area contributed by atoms with Crippen molar-refractivity contribution in [1.29, 1.82) is 0 Å². The first kappa shape index (κ1) is 13.9. The van der Waals surface area contributed by atoms with Gasteiger partial charge < -0.3 is 0 Å². The van der Waals surface area contributed by atoms with Crippen molar-refractivity contribution in [2.75, 3.05) is 0 Å². The predicted molar refractivity (Wildman–Crippen MR) is 71.5 cm³/mol. The average Bonchev–Trinajstić information content (AvgIpc) is 2.42. The number of hydrogen-bond donors (Lipinski definition) is 0. The molecule has 2 aromatic carbocycles. The van der Waals surface area contributed by atoms with Crippen LogP contribution >= 0.6 is 0 Å². The van der Waals surface area contributed by atoms with Crippen LogP contribution < -0.4 is 0 Å². The van der Waals surface area contributed by atoms with Crippen LogP contribution in [0.1, 0.15) is 11.1 Å². The molecule has 0 spiro atoms. The Kier molecular flexibility index (Phi) is 4.20. The Labute approximate surface area is 114 Å². The molecule has 0 aliphatic carbocycles. The molecule has 20 heavy (non-hydrogen) atoms. The second-order valence-corrected chi connectivity index (χ2v) is 4.19. The van der Waals surface area contributed by atoms with E-state index >= 15 is 0 Å². The molecule has 0 unspecified atom stereocenters. The van der Waals surface area contributed by atoms with Gasteiger partial charge in [-0.1, -0.05) is 36.4 Å². The Bertz CT molecular complexity index is 634. The van der Waals surface area contributed by atoms with E-state index < -0.39 is 22.1 Å². The van der Waals surface area contributed by atoms with Gasteiger partial charge in [-0.25, -0.2) is 8.78 Å². The van der Waals surface area contributed by atoms with Gasteiger partial charge in [0.25, 0.3) is 5.70 Å². The molecule has 0 saturated heterocycles. The molecule has 0 N–H and O–H groups in total. The Hall–Kier alpha value is -2.56. The summed E-state index contributed by atoms with van der Waals surface area (Å²) in [4.78, 5) is 10.4. The topological polar surface area (TPSA) is 43.1 Å². The van der Waals surface area contributed by atoms with Gasteiger partial charge in [-0.05, 0) is 17.7 Å². The fraction of sp³-hybridized carbons (Fsp3) is 0.0667. The molecule has 0 aromatic heterocycles. The zero-order valence-corrected chi connectivity index (χ0v) is 10.4. The maximum Gasteiger partial charge on any atom is 0.251 e. The van der Waals surface area contributed by atoms with Crippen LogP contribution in [0.25, 0.3) is 6.08 Å². The predicted octanol–water partition coefficient (Wildman–Crippen LogP) is 3.83. The Balaban J connectivity index is 2.38. The van der Waals surface area contributed by atoms with E-state index in [1.54, 1.807) is 30.3 Å². The summed E-state index contributed by atoms with van der Waals surface area (Å²) in [5, 5.41) is 11.0. The summed E-state index contributed by atoms with van der Waals surface area (Å²) in [5.41, 5.74) is 0.0440. The molecule has 0 radical (unpaired) electrons. The highest BCUT2D eigenvalue weighted by molar-refractivity contribution is 5.53. The van der Waals surface area contributed by atoms with Gasteiger partial charge >= 0.3 is 0 Å². The zero-order valence-electron chi connectivity index (χ0n) is 10.4. The van der Waals surface area contributed by atoms with Gasteiger partial charge in [-0.2, -0.15) is 0 Å². The van der Waals surface area contributed by atoms with E-state index in [0.717, 1.165) is 18.2 Å². The minimum atomic E-state index is -0.822. The fourth-order valence-corrected chi connectivity index (χ4v) is 1.79. The molecule has 2 rings (SSSR count). The lowest BCUT2D eigenvalue weighted by molar-refractivity contribution is -0.425. The molecular weight excluding hydrogens is 264 g/mol. The molecule has 5 heteroatoms. The monoisotopic (exact) mass is 275 g/mol. The lowest BCUT2D eigenvalue weighted by atomic mass is 10.1. The SMILES string of the molecule is O=[N+]([O-])C(=Cc1c(F)cccc1F)Cc1ccccc1. The van der Waals surface area contributed by atoms with E-state index in [1.165, 1.54) is 6.07 Å². The van der Waals surface area contributed by atoms with Crippen LogP contribution in [-0.2, 0) is 6.42 Å².